The number of aryl methyl sites for hydroxylation is 1. The van der Waals surface area contributed by atoms with Gasteiger partial charge in [0.15, 0.2) is 0 Å². The summed E-state index contributed by atoms with van der Waals surface area (Å²) in [5, 5.41) is 3.12. The minimum absolute atomic E-state index is 0.191. The number of nitrogens with zero attached hydrogens (tertiary/aromatic N) is 3. The molecule has 0 radical (unpaired) electrons. The SMILES string of the molecule is Cc1nc(-c2ccc(C(F)(F)F)cc2)cc([C@@H]2CN3CC[C@H]2C[C@@H]3CNC(=O)C2CC2)n1. The standard InChI is InChI=1S/C24H27F3N4O/c1-14-29-21(15-4-6-18(7-5-15)24(25,26)27)11-22(30-14)20-13-31-9-8-17(20)10-19(31)12-28-23(32)16-2-3-16/h4-7,11,16-17,19-20H,2-3,8-10,12-13H2,1H3,(H,28,32)/t17-,19+,20+/m0/s1. The molecule has 1 amide bonds. The van der Waals surface area contributed by atoms with Crippen molar-refractivity contribution in [3.05, 3.63) is 47.4 Å². The highest BCUT2D eigenvalue weighted by Crippen LogP contribution is 2.42. The second-order valence-electron chi connectivity index (χ2n) is 9.36. The molecule has 5 nitrogen and oxygen atoms in total. The second kappa shape index (κ2) is 8.14. The smallest absolute Gasteiger partial charge is 0.354 e. The molecule has 2 bridgehead atoms. The van der Waals surface area contributed by atoms with Gasteiger partial charge in [-0.15, -0.1) is 0 Å². The summed E-state index contributed by atoms with van der Waals surface area (Å²) < 4.78 is 38.7. The van der Waals surface area contributed by atoms with E-state index < -0.39 is 11.7 Å². The van der Waals surface area contributed by atoms with Crippen LogP contribution in [0.1, 0.15) is 48.7 Å². The molecule has 32 heavy (non-hydrogen) atoms. The molecule has 1 aromatic heterocycles. The summed E-state index contributed by atoms with van der Waals surface area (Å²) in [5.41, 5.74) is 1.62. The monoisotopic (exact) mass is 444 g/mol. The van der Waals surface area contributed by atoms with Gasteiger partial charge in [0.2, 0.25) is 5.91 Å². The number of piperidine rings is 3. The minimum atomic E-state index is -4.35. The third-order valence-corrected chi connectivity index (χ3v) is 7.08. The Hall–Kier alpha value is -2.48. The number of halogens is 3. The quantitative estimate of drug-likeness (QED) is 0.752. The lowest BCUT2D eigenvalue weighted by Crippen LogP contribution is -2.56. The minimum Gasteiger partial charge on any atom is -0.354 e. The van der Waals surface area contributed by atoms with Gasteiger partial charge in [-0.2, -0.15) is 13.2 Å². The number of amides is 1. The van der Waals surface area contributed by atoms with E-state index in [2.05, 4.69) is 15.2 Å². The lowest BCUT2D eigenvalue weighted by Gasteiger charge is -2.49. The number of fused-ring (bicyclic) bond motifs is 3. The first-order valence-electron chi connectivity index (χ1n) is 11.3. The number of alkyl halides is 3. The van der Waals surface area contributed by atoms with E-state index in [0.717, 1.165) is 56.6 Å². The largest absolute Gasteiger partial charge is 0.416 e. The van der Waals surface area contributed by atoms with E-state index in [4.69, 9.17) is 4.98 Å². The maximum atomic E-state index is 12.9. The van der Waals surface area contributed by atoms with Crippen molar-refractivity contribution in [2.45, 2.75) is 50.7 Å². The molecule has 1 aromatic carbocycles. The maximum Gasteiger partial charge on any atom is 0.416 e. The second-order valence-corrected chi connectivity index (χ2v) is 9.36. The number of nitrogens with one attached hydrogen (secondary N) is 1. The van der Waals surface area contributed by atoms with Crippen LogP contribution in [-0.4, -0.2) is 46.5 Å². The topological polar surface area (TPSA) is 58.1 Å². The number of rotatable bonds is 5. The molecule has 0 spiro atoms. The van der Waals surface area contributed by atoms with Crippen molar-refractivity contribution in [2.75, 3.05) is 19.6 Å². The van der Waals surface area contributed by atoms with Gasteiger partial charge in [-0.05, 0) is 63.3 Å². The molecule has 4 aliphatic rings. The molecule has 1 N–H and O–H groups in total. The van der Waals surface area contributed by atoms with Crippen molar-refractivity contribution in [3.63, 3.8) is 0 Å². The van der Waals surface area contributed by atoms with Gasteiger partial charge >= 0.3 is 6.18 Å². The van der Waals surface area contributed by atoms with Gasteiger partial charge in [0.25, 0.3) is 0 Å². The molecule has 4 atom stereocenters. The number of benzene rings is 1. The van der Waals surface area contributed by atoms with E-state index in [1.165, 1.54) is 12.1 Å². The fourth-order valence-electron chi connectivity index (χ4n) is 5.15. The lowest BCUT2D eigenvalue weighted by atomic mass is 9.74. The van der Waals surface area contributed by atoms with E-state index in [-0.39, 0.29) is 17.7 Å². The van der Waals surface area contributed by atoms with Gasteiger partial charge in [-0.1, -0.05) is 12.1 Å². The molecule has 170 valence electrons. The molecule has 4 heterocycles. The molecule has 1 saturated carbocycles. The Kier molecular flexibility index (Phi) is 5.43. The van der Waals surface area contributed by atoms with Gasteiger partial charge in [0.05, 0.1) is 11.3 Å². The summed E-state index contributed by atoms with van der Waals surface area (Å²) in [6.45, 7) is 4.45. The molecule has 1 unspecified atom stereocenters. The van der Waals surface area contributed by atoms with Crippen molar-refractivity contribution >= 4 is 5.91 Å². The Bertz CT molecular complexity index is 1000. The average Bonchev–Trinajstić information content (AvgIpc) is 3.62. The third-order valence-electron chi connectivity index (χ3n) is 7.08. The Morgan fingerprint density at radius 3 is 2.53 bits per heavy atom. The number of carbonyl (C=O) groups is 1. The van der Waals surface area contributed by atoms with Crippen LogP contribution in [0.5, 0.6) is 0 Å². The first-order valence-corrected chi connectivity index (χ1v) is 11.3. The zero-order valence-electron chi connectivity index (χ0n) is 18.0. The normalized spacial score (nSPS) is 27.4. The Balaban J connectivity index is 1.31. The number of hydrogen-bond donors (Lipinski definition) is 1. The predicted octanol–water partition coefficient (Wildman–Crippen LogP) is 4.17. The third kappa shape index (κ3) is 4.37. The summed E-state index contributed by atoms with van der Waals surface area (Å²) in [7, 11) is 0. The van der Waals surface area contributed by atoms with Crippen LogP contribution in [0.25, 0.3) is 11.3 Å². The van der Waals surface area contributed by atoms with Gasteiger partial charge < -0.3 is 5.32 Å². The number of hydrogen-bond acceptors (Lipinski definition) is 4. The lowest BCUT2D eigenvalue weighted by molar-refractivity contribution is -0.137. The molecule has 8 heteroatoms. The summed E-state index contributed by atoms with van der Waals surface area (Å²) in [5.74, 6) is 1.80. The van der Waals surface area contributed by atoms with Crippen LogP contribution in [0.4, 0.5) is 13.2 Å². The first kappa shape index (κ1) is 21.4. The van der Waals surface area contributed by atoms with E-state index in [1.807, 2.05) is 13.0 Å². The maximum absolute atomic E-state index is 12.9. The van der Waals surface area contributed by atoms with Crippen LogP contribution in [0.3, 0.4) is 0 Å². The molecular formula is C24H27F3N4O. The van der Waals surface area contributed by atoms with Crippen LogP contribution in [0.15, 0.2) is 30.3 Å². The predicted molar refractivity (Wildman–Crippen MR) is 114 cm³/mol. The van der Waals surface area contributed by atoms with Gasteiger partial charge in [0, 0.05) is 42.2 Å². The number of carbonyl (C=O) groups excluding carboxylic acids is 1. The van der Waals surface area contributed by atoms with Crippen molar-refractivity contribution in [1.29, 1.82) is 0 Å². The van der Waals surface area contributed by atoms with Crippen LogP contribution in [0, 0.1) is 18.8 Å². The van der Waals surface area contributed by atoms with E-state index in [0.29, 0.717) is 35.6 Å². The van der Waals surface area contributed by atoms with Gasteiger partial charge in [-0.25, -0.2) is 9.97 Å². The molecule has 3 saturated heterocycles. The highest BCUT2D eigenvalue weighted by molar-refractivity contribution is 5.80. The first-order chi connectivity index (χ1) is 15.3. The summed E-state index contributed by atoms with van der Waals surface area (Å²) in [4.78, 5) is 23.7. The van der Waals surface area contributed by atoms with E-state index in [1.54, 1.807) is 0 Å². The van der Waals surface area contributed by atoms with E-state index >= 15 is 0 Å². The average molecular weight is 445 g/mol. The molecule has 2 aromatic rings. The van der Waals surface area contributed by atoms with Crippen LogP contribution < -0.4 is 5.32 Å². The highest BCUT2D eigenvalue weighted by Gasteiger charge is 2.42. The zero-order valence-corrected chi connectivity index (χ0v) is 18.0. The molecule has 4 fully saturated rings. The van der Waals surface area contributed by atoms with Crippen LogP contribution in [0.2, 0.25) is 0 Å². The zero-order chi connectivity index (χ0) is 22.5. The molecule has 1 aliphatic carbocycles. The van der Waals surface area contributed by atoms with Crippen molar-refractivity contribution in [2.24, 2.45) is 11.8 Å². The Labute approximate surface area is 185 Å². The molecule has 6 rings (SSSR count). The van der Waals surface area contributed by atoms with Crippen LogP contribution >= 0.6 is 0 Å². The fourth-order valence-corrected chi connectivity index (χ4v) is 5.15. The summed E-state index contributed by atoms with van der Waals surface area (Å²) in [6, 6.07) is 7.45. The van der Waals surface area contributed by atoms with Crippen molar-refractivity contribution in [3.8, 4) is 11.3 Å². The fraction of sp³-hybridized carbons (Fsp3) is 0.542. The summed E-state index contributed by atoms with van der Waals surface area (Å²) >= 11 is 0. The number of aromatic nitrogens is 2. The van der Waals surface area contributed by atoms with Crippen molar-refractivity contribution < 1.29 is 18.0 Å². The Morgan fingerprint density at radius 2 is 1.91 bits per heavy atom. The van der Waals surface area contributed by atoms with E-state index in [9.17, 15) is 18.0 Å². The molecule has 3 aliphatic heterocycles. The van der Waals surface area contributed by atoms with Crippen molar-refractivity contribution in [1.82, 2.24) is 20.2 Å². The van der Waals surface area contributed by atoms with Crippen LogP contribution in [-0.2, 0) is 11.0 Å². The highest BCUT2D eigenvalue weighted by atomic mass is 19.4. The molecular weight excluding hydrogens is 417 g/mol. The van der Waals surface area contributed by atoms with Gasteiger partial charge in [0.1, 0.15) is 5.82 Å². The Morgan fingerprint density at radius 1 is 1.16 bits per heavy atom. The van der Waals surface area contributed by atoms with Gasteiger partial charge in [-0.3, -0.25) is 9.69 Å². The summed E-state index contributed by atoms with van der Waals surface area (Å²) in [6.07, 6.45) is -0.209.